The van der Waals surface area contributed by atoms with E-state index < -0.39 is 17.4 Å². The second-order valence-corrected chi connectivity index (χ2v) is 6.57. The molecular weight excluding hydrogens is 402 g/mol. The van der Waals surface area contributed by atoms with Gasteiger partial charge in [-0.25, -0.2) is 4.98 Å². The van der Waals surface area contributed by atoms with Gasteiger partial charge in [-0.1, -0.05) is 12.1 Å². The maximum absolute atomic E-state index is 12.7. The van der Waals surface area contributed by atoms with Crippen LogP contribution in [0.25, 0.3) is 10.9 Å². The number of rotatable bonds is 10. The van der Waals surface area contributed by atoms with Crippen LogP contribution in [0.4, 0.5) is 0 Å². The van der Waals surface area contributed by atoms with Crippen molar-refractivity contribution in [1.29, 1.82) is 0 Å². The van der Waals surface area contributed by atoms with Crippen LogP contribution in [0.3, 0.4) is 0 Å². The molecule has 0 spiro atoms. The molecule has 3 aromatic rings. The van der Waals surface area contributed by atoms with Crippen LogP contribution in [-0.4, -0.2) is 34.6 Å². The predicted molar refractivity (Wildman–Crippen MR) is 113 cm³/mol. The first-order valence-corrected chi connectivity index (χ1v) is 9.76. The Labute approximate surface area is 178 Å². The van der Waals surface area contributed by atoms with Gasteiger partial charge in [0.05, 0.1) is 30.5 Å². The fourth-order valence-corrected chi connectivity index (χ4v) is 2.91. The van der Waals surface area contributed by atoms with Crippen molar-refractivity contribution >= 4 is 22.8 Å². The maximum Gasteiger partial charge on any atom is 0.309 e. The number of aromatic nitrogens is 2. The normalized spacial score (nSPS) is 10.6. The number of nitrogens with two attached hydrogens (primary N) is 1. The average molecular weight is 425 g/mol. The van der Waals surface area contributed by atoms with Crippen LogP contribution in [0.15, 0.2) is 53.3 Å². The zero-order chi connectivity index (χ0) is 22.2. The van der Waals surface area contributed by atoms with Gasteiger partial charge < -0.3 is 19.9 Å². The SMILES string of the molecule is CCOc1ccc(OCCC(=O)OCc2nc3ccccc3c(=O)n2CC(N)=O)cc1. The number of amides is 1. The third-order valence-corrected chi connectivity index (χ3v) is 4.33. The number of nitrogens with zero attached hydrogens (tertiary/aromatic N) is 2. The third-order valence-electron chi connectivity index (χ3n) is 4.33. The highest BCUT2D eigenvalue weighted by atomic mass is 16.5. The molecule has 3 rings (SSSR count). The number of hydrogen-bond acceptors (Lipinski definition) is 7. The Balaban J connectivity index is 1.60. The van der Waals surface area contributed by atoms with Gasteiger partial charge in [0.2, 0.25) is 5.91 Å². The van der Waals surface area contributed by atoms with Gasteiger partial charge in [-0.3, -0.25) is 19.0 Å². The van der Waals surface area contributed by atoms with Gasteiger partial charge in [0, 0.05) is 0 Å². The summed E-state index contributed by atoms with van der Waals surface area (Å²) in [5, 5.41) is 0.350. The van der Waals surface area contributed by atoms with Crippen molar-refractivity contribution in [2.75, 3.05) is 13.2 Å². The summed E-state index contributed by atoms with van der Waals surface area (Å²) in [5.41, 5.74) is 5.27. The summed E-state index contributed by atoms with van der Waals surface area (Å²) >= 11 is 0. The second kappa shape index (κ2) is 10.2. The topological polar surface area (TPSA) is 123 Å². The lowest BCUT2D eigenvalue weighted by atomic mass is 10.2. The molecule has 9 heteroatoms. The molecule has 2 N–H and O–H groups in total. The third kappa shape index (κ3) is 5.81. The molecule has 1 amide bonds. The van der Waals surface area contributed by atoms with E-state index >= 15 is 0 Å². The van der Waals surface area contributed by atoms with Gasteiger partial charge in [-0.15, -0.1) is 0 Å². The zero-order valence-corrected chi connectivity index (χ0v) is 17.1. The van der Waals surface area contributed by atoms with E-state index in [0.29, 0.717) is 23.3 Å². The molecule has 0 bridgehead atoms. The van der Waals surface area contributed by atoms with E-state index in [-0.39, 0.29) is 32.0 Å². The number of carbonyl (C=O) groups is 2. The molecule has 31 heavy (non-hydrogen) atoms. The van der Waals surface area contributed by atoms with Crippen molar-refractivity contribution < 1.29 is 23.8 Å². The highest BCUT2D eigenvalue weighted by Crippen LogP contribution is 2.17. The van der Waals surface area contributed by atoms with Crippen LogP contribution in [0.5, 0.6) is 11.5 Å². The summed E-state index contributed by atoms with van der Waals surface area (Å²) in [7, 11) is 0. The molecule has 0 aliphatic rings. The lowest BCUT2D eigenvalue weighted by Gasteiger charge is -2.12. The Morgan fingerprint density at radius 3 is 2.39 bits per heavy atom. The summed E-state index contributed by atoms with van der Waals surface area (Å²) in [5.74, 6) is 0.250. The van der Waals surface area contributed by atoms with Crippen molar-refractivity contribution in [3.05, 3.63) is 64.7 Å². The monoisotopic (exact) mass is 425 g/mol. The highest BCUT2D eigenvalue weighted by Gasteiger charge is 2.14. The Hall–Kier alpha value is -3.88. The molecular formula is C22H23N3O6. The number of hydrogen-bond donors (Lipinski definition) is 1. The molecule has 1 heterocycles. The average Bonchev–Trinajstić information content (AvgIpc) is 2.76. The molecule has 0 radical (unpaired) electrons. The van der Waals surface area contributed by atoms with E-state index in [1.54, 1.807) is 48.5 Å². The molecule has 9 nitrogen and oxygen atoms in total. The Morgan fingerprint density at radius 2 is 1.71 bits per heavy atom. The number of carbonyl (C=O) groups excluding carboxylic acids is 2. The van der Waals surface area contributed by atoms with E-state index in [1.165, 1.54) is 0 Å². The molecule has 0 saturated heterocycles. The van der Waals surface area contributed by atoms with Gasteiger partial charge in [0.1, 0.15) is 24.7 Å². The van der Waals surface area contributed by atoms with Gasteiger partial charge in [0.15, 0.2) is 5.82 Å². The zero-order valence-electron chi connectivity index (χ0n) is 17.1. The lowest BCUT2D eigenvalue weighted by Crippen LogP contribution is -2.32. The molecule has 0 saturated carbocycles. The van der Waals surface area contributed by atoms with Gasteiger partial charge in [-0.2, -0.15) is 0 Å². The van der Waals surface area contributed by atoms with E-state index in [1.807, 2.05) is 6.92 Å². The molecule has 162 valence electrons. The molecule has 0 aliphatic carbocycles. The smallest absolute Gasteiger partial charge is 0.309 e. The molecule has 2 aromatic carbocycles. The molecule has 0 atom stereocenters. The number of primary amides is 1. The minimum absolute atomic E-state index is 0.000838. The maximum atomic E-state index is 12.7. The van der Waals surface area contributed by atoms with Crippen molar-refractivity contribution in [3.63, 3.8) is 0 Å². The summed E-state index contributed by atoms with van der Waals surface area (Å²) in [4.78, 5) is 40.5. The number of benzene rings is 2. The molecule has 1 aromatic heterocycles. The fraction of sp³-hybridized carbons (Fsp3) is 0.273. The number of fused-ring (bicyclic) bond motifs is 1. The summed E-state index contributed by atoms with van der Waals surface area (Å²) in [6.07, 6.45) is 0.000838. The Morgan fingerprint density at radius 1 is 1.03 bits per heavy atom. The quantitative estimate of drug-likeness (QED) is 0.491. The van der Waals surface area contributed by atoms with Crippen LogP contribution in [0.1, 0.15) is 19.2 Å². The lowest BCUT2D eigenvalue weighted by molar-refractivity contribution is -0.145. The number of esters is 1. The first-order chi connectivity index (χ1) is 15.0. The first-order valence-electron chi connectivity index (χ1n) is 9.76. The van der Waals surface area contributed by atoms with Crippen LogP contribution < -0.4 is 20.8 Å². The van der Waals surface area contributed by atoms with Gasteiger partial charge in [0.25, 0.3) is 5.56 Å². The van der Waals surface area contributed by atoms with Crippen LogP contribution in [0.2, 0.25) is 0 Å². The van der Waals surface area contributed by atoms with Crippen molar-refractivity contribution in [2.45, 2.75) is 26.5 Å². The standard InChI is InChI=1S/C22H23N3O6/c1-2-29-15-7-9-16(10-8-15)30-12-11-21(27)31-14-20-24-18-6-4-3-5-17(18)22(28)25(20)13-19(23)26/h3-10H,2,11-14H2,1H3,(H2,23,26). The van der Waals surface area contributed by atoms with Crippen molar-refractivity contribution in [3.8, 4) is 11.5 Å². The number of ether oxygens (including phenoxy) is 3. The minimum Gasteiger partial charge on any atom is -0.494 e. The highest BCUT2D eigenvalue weighted by molar-refractivity contribution is 5.78. The predicted octanol–water partition coefficient (Wildman–Crippen LogP) is 1.79. The van der Waals surface area contributed by atoms with E-state index in [0.717, 1.165) is 10.3 Å². The summed E-state index contributed by atoms with van der Waals surface area (Å²) < 4.78 is 17.2. The van der Waals surface area contributed by atoms with Crippen molar-refractivity contribution in [1.82, 2.24) is 9.55 Å². The fourth-order valence-electron chi connectivity index (χ4n) is 2.91. The molecule has 0 fully saturated rings. The number of para-hydroxylation sites is 1. The molecule has 0 unspecified atom stereocenters. The summed E-state index contributed by atoms with van der Waals surface area (Å²) in [6, 6.07) is 13.8. The van der Waals surface area contributed by atoms with Gasteiger partial charge >= 0.3 is 5.97 Å². The largest absolute Gasteiger partial charge is 0.494 e. The van der Waals surface area contributed by atoms with E-state index in [2.05, 4.69) is 4.98 Å². The Kier molecular flexibility index (Phi) is 7.21. The minimum atomic E-state index is -0.699. The summed E-state index contributed by atoms with van der Waals surface area (Å²) in [6.45, 7) is 1.97. The van der Waals surface area contributed by atoms with Crippen LogP contribution in [0, 0.1) is 0 Å². The van der Waals surface area contributed by atoms with Crippen LogP contribution >= 0.6 is 0 Å². The van der Waals surface area contributed by atoms with Crippen molar-refractivity contribution in [2.24, 2.45) is 5.73 Å². The van der Waals surface area contributed by atoms with Gasteiger partial charge in [-0.05, 0) is 43.3 Å². The Bertz CT molecular complexity index is 1120. The van der Waals surface area contributed by atoms with E-state index in [4.69, 9.17) is 19.9 Å². The first kappa shape index (κ1) is 21.8. The molecule has 0 aliphatic heterocycles. The second-order valence-electron chi connectivity index (χ2n) is 6.57. The van der Waals surface area contributed by atoms with Crippen LogP contribution in [-0.2, 0) is 27.5 Å². The van der Waals surface area contributed by atoms with E-state index in [9.17, 15) is 14.4 Å².